The smallest absolute Gasteiger partial charge is 0.141 e. The van der Waals surface area contributed by atoms with Gasteiger partial charge in [-0.1, -0.05) is 72.8 Å². The highest BCUT2D eigenvalue weighted by molar-refractivity contribution is 6.13. The lowest BCUT2D eigenvalue weighted by molar-refractivity contribution is 1.38. The van der Waals surface area contributed by atoms with Gasteiger partial charge in [0, 0.05) is 11.1 Å². The van der Waals surface area contributed by atoms with E-state index in [1.54, 1.807) is 30.3 Å². The van der Waals surface area contributed by atoms with E-state index in [1.165, 1.54) is 0 Å². The van der Waals surface area contributed by atoms with E-state index in [1.807, 2.05) is 60.7 Å². The normalized spacial score (nSPS) is 10.5. The first-order valence-electron chi connectivity index (χ1n) is 8.11. The molecule has 26 heavy (non-hydrogen) atoms. The minimum absolute atomic E-state index is 0.303. The summed E-state index contributed by atoms with van der Waals surface area (Å²) in [5, 5.41) is 18.4. The highest BCUT2D eigenvalue weighted by atomic mass is 14.8. The Hall–Kier alpha value is -3.95. The van der Waals surface area contributed by atoms with Gasteiger partial charge >= 0.3 is 0 Å². The lowest BCUT2D eigenvalue weighted by atomic mass is 10.0. The van der Waals surface area contributed by atoms with Gasteiger partial charge in [-0.05, 0) is 23.8 Å². The van der Waals surface area contributed by atoms with Gasteiger partial charge in [-0.2, -0.15) is 10.5 Å². The largest absolute Gasteiger partial charge is 0.236 e. The fourth-order valence-electron chi connectivity index (χ4n) is 2.51. The molecule has 0 fully saturated rings. The number of allylic oxidation sites excluding steroid dienone is 1. The Bertz CT molecular complexity index is 975. The Kier molecular flexibility index (Phi) is 5.35. The van der Waals surface area contributed by atoms with Crippen LogP contribution in [-0.4, -0.2) is 5.71 Å². The third-order valence-corrected chi connectivity index (χ3v) is 3.78. The second-order valence-corrected chi connectivity index (χ2v) is 5.57. The molecule has 3 aromatic rings. The summed E-state index contributed by atoms with van der Waals surface area (Å²) in [6.07, 6.45) is 1.72. The predicted octanol–water partition coefficient (Wildman–Crippen LogP) is 4.96. The van der Waals surface area contributed by atoms with E-state index >= 15 is 0 Å². The minimum Gasteiger partial charge on any atom is -0.236 e. The Labute approximate surface area is 152 Å². The summed E-state index contributed by atoms with van der Waals surface area (Å²) in [6, 6.07) is 30.9. The monoisotopic (exact) mass is 333 g/mol. The topological polar surface area (TPSA) is 59.9 Å². The maximum Gasteiger partial charge on any atom is 0.141 e. The summed E-state index contributed by atoms with van der Waals surface area (Å²) in [5.41, 5.74) is 4.34. The van der Waals surface area contributed by atoms with Crippen molar-refractivity contribution in [3.8, 4) is 12.1 Å². The Morgan fingerprint density at radius 2 is 1.27 bits per heavy atom. The van der Waals surface area contributed by atoms with Gasteiger partial charge < -0.3 is 0 Å². The quantitative estimate of drug-likeness (QED) is 0.500. The Balaban J connectivity index is 2.06. The summed E-state index contributed by atoms with van der Waals surface area (Å²) in [6.45, 7) is 0. The second-order valence-electron chi connectivity index (χ2n) is 5.57. The number of hydrogen-bond acceptors (Lipinski definition) is 3. The molecule has 0 aliphatic carbocycles. The molecule has 0 radical (unpaired) electrons. The van der Waals surface area contributed by atoms with Crippen molar-refractivity contribution < 1.29 is 0 Å². The third kappa shape index (κ3) is 4.12. The molecule has 3 rings (SSSR count). The van der Waals surface area contributed by atoms with Crippen LogP contribution in [0.5, 0.6) is 0 Å². The molecule has 3 heteroatoms. The molecular weight excluding hydrogens is 318 g/mol. The molecule has 0 aliphatic rings. The van der Waals surface area contributed by atoms with E-state index in [4.69, 9.17) is 5.26 Å². The van der Waals surface area contributed by atoms with Crippen LogP contribution >= 0.6 is 0 Å². The molecule has 0 aromatic heterocycles. The van der Waals surface area contributed by atoms with Gasteiger partial charge in [-0.25, -0.2) is 4.99 Å². The lowest BCUT2D eigenvalue weighted by Crippen LogP contribution is -2.03. The number of nitrogens with zero attached hydrogens (tertiary/aromatic N) is 3. The van der Waals surface area contributed by atoms with Gasteiger partial charge in [0.05, 0.1) is 17.3 Å². The molecular formula is C23H15N3. The average molecular weight is 333 g/mol. The number of nitriles is 2. The highest BCUT2D eigenvalue weighted by Gasteiger charge is 2.07. The van der Waals surface area contributed by atoms with Crippen molar-refractivity contribution in [2.75, 3.05) is 0 Å². The summed E-state index contributed by atoms with van der Waals surface area (Å²) in [5.74, 6) is 0. The van der Waals surface area contributed by atoms with Gasteiger partial charge in [0.2, 0.25) is 0 Å². The van der Waals surface area contributed by atoms with Crippen molar-refractivity contribution in [1.82, 2.24) is 0 Å². The van der Waals surface area contributed by atoms with Crippen molar-refractivity contribution in [1.29, 1.82) is 10.5 Å². The maximum absolute atomic E-state index is 9.55. The zero-order valence-corrected chi connectivity index (χ0v) is 14.0. The van der Waals surface area contributed by atoms with Crippen molar-refractivity contribution in [2.24, 2.45) is 4.99 Å². The molecule has 0 atom stereocenters. The van der Waals surface area contributed by atoms with Crippen LogP contribution in [0.3, 0.4) is 0 Å². The summed E-state index contributed by atoms with van der Waals surface area (Å²) >= 11 is 0. The zero-order valence-electron chi connectivity index (χ0n) is 14.0. The van der Waals surface area contributed by atoms with Gasteiger partial charge in [-0.3, -0.25) is 0 Å². The molecule has 0 bridgehead atoms. The first-order valence-corrected chi connectivity index (χ1v) is 8.11. The minimum atomic E-state index is 0.303. The van der Waals surface area contributed by atoms with Crippen LogP contribution in [0.1, 0.15) is 22.3 Å². The molecule has 0 spiro atoms. The lowest BCUT2D eigenvalue weighted by Gasteiger charge is -2.07. The van der Waals surface area contributed by atoms with Crippen LogP contribution < -0.4 is 0 Å². The number of aliphatic imine (C=N–C) groups is 1. The molecule has 3 aromatic carbocycles. The Morgan fingerprint density at radius 1 is 0.731 bits per heavy atom. The van der Waals surface area contributed by atoms with E-state index in [0.29, 0.717) is 11.3 Å². The van der Waals surface area contributed by atoms with E-state index in [-0.39, 0.29) is 0 Å². The van der Waals surface area contributed by atoms with Crippen molar-refractivity contribution >= 4 is 11.8 Å². The first-order chi connectivity index (χ1) is 12.8. The van der Waals surface area contributed by atoms with Crippen LogP contribution in [0, 0.1) is 22.7 Å². The van der Waals surface area contributed by atoms with Gasteiger partial charge in [0.15, 0.2) is 0 Å². The first kappa shape index (κ1) is 16.9. The van der Waals surface area contributed by atoms with E-state index in [0.717, 1.165) is 22.4 Å². The molecule has 3 nitrogen and oxygen atoms in total. The number of hydrogen-bond donors (Lipinski definition) is 0. The van der Waals surface area contributed by atoms with Crippen LogP contribution in [0.25, 0.3) is 6.08 Å². The molecule has 0 heterocycles. The van der Waals surface area contributed by atoms with Gasteiger partial charge in [0.25, 0.3) is 0 Å². The van der Waals surface area contributed by atoms with Crippen molar-refractivity contribution in [2.45, 2.75) is 0 Å². The third-order valence-electron chi connectivity index (χ3n) is 3.78. The standard InChI is InChI=1S/C23H15N3/c24-16-19-13-11-18(12-14-19)15-22(17-25)26-23(20-7-3-1-4-8-20)21-9-5-2-6-10-21/h1-15H/b22-15-. The molecule has 0 unspecified atom stereocenters. The number of benzene rings is 3. The van der Waals surface area contributed by atoms with Crippen LogP contribution in [0.15, 0.2) is 95.6 Å². The van der Waals surface area contributed by atoms with Gasteiger partial charge in [-0.15, -0.1) is 0 Å². The van der Waals surface area contributed by atoms with Gasteiger partial charge in [0.1, 0.15) is 11.8 Å². The number of rotatable bonds is 4. The van der Waals surface area contributed by atoms with Crippen LogP contribution in [0.2, 0.25) is 0 Å². The summed E-state index contributed by atoms with van der Waals surface area (Å²) in [4.78, 5) is 4.62. The van der Waals surface area contributed by atoms with E-state index in [2.05, 4.69) is 17.1 Å². The molecule has 0 amide bonds. The highest BCUT2D eigenvalue weighted by Crippen LogP contribution is 2.15. The summed E-state index contributed by atoms with van der Waals surface area (Å²) in [7, 11) is 0. The van der Waals surface area contributed by atoms with Crippen molar-refractivity contribution in [3.05, 3.63) is 113 Å². The zero-order chi connectivity index (χ0) is 18.2. The fraction of sp³-hybridized carbons (Fsp3) is 0. The average Bonchev–Trinajstić information content (AvgIpc) is 2.73. The van der Waals surface area contributed by atoms with Crippen LogP contribution in [-0.2, 0) is 0 Å². The molecule has 0 N–H and O–H groups in total. The second kappa shape index (κ2) is 8.24. The fourth-order valence-corrected chi connectivity index (χ4v) is 2.51. The molecule has 0 aliphatic heterocycles. The Morgan fingerprint density at radius 3 is 1.73 bits per heavy atom. The van der Waals surface area contributed by atoms with Crippen molar-refractivity contribution in [3.63, 3.8) is 0 Å². The molecule has 0 saturated heterocycles. The SMILES string of the molecule is N#C/C(=C/c1ccc(C#N)cc1)N=C(c1ccccc1)c1ccccc1. The van der Waals surface area contributed by atoms with E-state index < -0.39 is 0 Å². The predicted molar refractivity (Wildman–Crippen MR) is 103 cm³/mol. The maximum atomic E-state index is 9.55. The molecule has 0 saturated carbocycles. The molecule has 122 valence electrons. The summed E-state index contributed by atoms with van der Waals surface area (Å²) < 4.78 is 0. The van der Waals surface area contributed by atoms with E-state index in [9.17, 15) is 5.26 Å². The van der Waals surface area contributed by atoms with Crippen LogP contribution in [0.4, 0.5) is 0 Å².